The van der Waals surface area contributed by atoms with Gasteiger partial charge in [-0.25, -0.2) is 4.79 Å². The molecule has 0 aromatic heterocycles. The Balaban J connectivity index is 1.87. The summed E-state index contributed by atoms with van der Waals surface area (Å²) in [4.78, 5) is 12.1. The summed E-state index contributed by atoms with van der Waals surface area (Å²) >= 11 is 0. The summed E-state index contributed by atoms with van der Waals surface area (Å²) in [5, 5.41) is 3.34. The number of esters is 1. The Kier molecular flexibility index (Phi) is 19.0. The summed E-state index contributed by atoms with van der Waals surface area (Å²) in [6.45, 7) is 6.94. The number of benzene rings is 1. The van der Waals surface area contributed by atoms with Gasteiger partial charge < -0.3 is 14.8 Å². The predicted octanol–water partition coefficient (Wildman–Crippen LogP) is 8.16. The lowest BCUT2D eigenvalue weighted by Crippen LogP contribution is -2.11. The third-order valence-corrected chi connectivity index (χ3v) is 5.83. The van der Waals surface area contributed by atoms with Gasteiger partial charge in [0, 0.05) is 18.8 Å². The first kappa shape index (κ1) is 28.5. The fraction of sp³-hybridized carbons (Fsp3) is 0.750. The van der Waals surface area contributed by atoms with Crippen molar-refractivity contribution in [2.75, 3.05) is 31.7 Å². The molecule has 0 aliphatic carbocycles. The maximum absolute atomic E-state index is 12.1. The summed E-state index contributed by atoms with van der Waals surface area (Å²) in [6, 6.07) is 7.48. The molecule has 0 aliphatic rings. The molecule has 0 heterocycles. The Morgan fingerprint density at radius 2 is 1.19 bits per heavy atom. The molecule has 32 heavy (non-hydrogen) atoms. The van der Waals surface area contributed by atoms with E-state index in [-0.39, 0.29) is 5.97 Å². The lowest BCUT2D eigenvalue weighted by molar-refractivity contribution is 0.0312. The number of carbonyl (C=O) groups excluding carboxylic acids is 1. The first-order valence-electron chi connectivity index (χ1n) is 13.4. The van der Waals surface area contributed by atoms with E-state index in [2.05, 4.69) is 19.2 Å². The molecule has 1 aromatic carbocycles. The molecule has 0 radical (unpaired) electrons. The van der Waals surface area contributed by atoms with Gasteiger partial charge in [0.2, 0.25) is 0 Å². The monoisotopic (exact) mass is 447 g/mol. The van der Waals surface area contributed by atoms with Gasteiger partial charge in [0.05, 0.1) is 12.2 Å². The van der Waals surface area contributed by atoms with Crippen LogP contribution in [0, 0.1) is 0 Å². The minimum absolute atomic E-state index is 0.283. The molecule has 0 unspecified atom stereocenters. The van der Waals surface area contributed by atoms with E-state index in [4.69, 9.17) is 9.47 Å². The van der Waals surface area contributed by atoms with Crippen molar-refractivity contribution in [2.24, 2.45) is 0 Å². The van der Waals surface area contributed by atoms with Gasteiger partial charge in [0.15, 0.2) is 0 Å². The second kappa shape index (κ2) is 21.3. The van der Waals surface area contributed by atoms with E-state index in [1.165, 1.54) is 83.5 Å². The van der Waals surface area contributed by atoms with Gasteiger partial charge in [-0.05, 0) is 37.1 Å². The van der Waals surface area contributed by atoms with Crippen LogP contribution in [0.15, 0.2) is 24.3 Å². The fourth-order valence-corrected chi connectivity index (χ4v) is 3.73. The molecule has 1 aromatic rings. The molecule has 0 amide bonds. The molecule has 0 saturated carbocycles. The Morgan fingerprint density at radius 3 is 1.75 bits per heavy atom. The molecule has 0 bridgehead atoms. The zero-order chi connectivity index (χ0) is 23.1. The lowest BCUT2D eigenvalue weighted by atomic mass is 10.0. The van der Waals surface area contributed by atoms with Crippen LogP contribution >= 0.6 is 0 Å². The van der Waals surface area contributed by atoms with Crippen molar-refractivity contribution >= 4 is 11.7 Å². The van der Waals surface area contributed by atoms with Crippen LogP contribution < -0.4 is 5.32 Å². The van der Waals surface area contributed by atoms with Gasteiger partial charge in [-0.15, -0.1) is 0 Å². The topological polar surface area (TPSA) is 47.6 Å². The molecule has 4 nitrogen and oxygen atoms in total. The predicted molar refractivity (Wildman–Crippen MR) is 137 cm³/mol. The van der Waals surface area contributed by atoms with Crippen LogP contribution in [0.2, 0.25) is 0 Å². The number of anilines is 1. The highest BCUT2D eigenvalue weighted by Crippen LogP contribution is 2.13. The Hall–Kier alpha value is -1.55. The minimum Gasteiger partial charge on any atom is -0.460 e. The summed E-state index contributed by atoms with van der Waals surface area (Å²) < 4.78 is 10.9. The van der Waals surface area contributed by atoms with Gasteiger partial charge in [-0.1, -0.05) is 97.3 Å². The summed E-state index contributed by atoms with van der Waals surface area (Å²) in [6.07, 6.45) is 19.9. The van der Waals surface area contributed by atoms with E-state index in [9.17, 15) is 4.79 Å². The van der Waals surface area contributed by atoms with Crippen LogP contribution in [-0.2, 0) is 9.47 Å². The maximum atomic E-state index is 12.1. The molecule has 0 atom stereocenters. The van der Waals surface area contributed by atoms with Gasteiger partial charge in [-0.2, -0.15) is 0 Å². The van der Waals surface area contributed by atoms with Crippen molar-refractivity contribution in [1.29, 1.82) is 0 Å². The summed E-state index contributed by atoms with van der Waals surface area (Å²) in [5.41, 5.74) is 1.62. The zero-order valence-electron chi connectivity index (χ0n) is 21.0. The maximum Gasteiger partial charge on any atom is 0.338 e. The molecule has 0 saturated heterocycles. The van der Waals surface area contributed by atoms with Crippen molar-refractivity contribution < 1.29 is 14.3 Å². The molecule has 4 heteroatoms. The van der Waals surface area contributed by atoms with E-state index in [1.807, 2.05) is 24.3 Å². The lowest BCUT2D eigenvalue weighted by Gasteiger charge is -2.08. The van der Waals surface area contributed by atoms with Crippen molar-refractivity contribution in [3.05, 3.63) is 29.8 Å². The third kappa shape index (κ3) is 16.1. The number of nitrogens with one attached hydrogen (secondary N) is 1. The number of unbranched alkanes of at least 4 members (excludes halogenated alkanes) is 13. The number of hydrogen-bond acceptors (Lipinski definition) is 4. The summed E-state index contributed by atoms with van der Waals surface area (Å²) in [7, 11) is 0. The van der Waals surface area contributed by atoms with Crippen LogP contribution in [0.3, 0.4) is 0 Å². The molecule has 0 fully saturated rings. The van der Waals surface area contributed by atoms with Crippen LogP contribution in [-0.4, -0.2) is 32.3 Å². The Labute approximate surface area is 197 Å². The molecule has 184 valence electrons. The van der Waals surface area contributed by atoms with Crippen molar-refractivity contribution in [1.82, 2.24) is 0 Å². The number of rotatable bonds is 22. The highest BCUT2D eigenvalue weighted by molar-refractivity contribution is 5.89. The number of hydrogen-bond donors (Lipinski definition) is 1. The molecular formula is C28H49NO3. The number of ether oxygens (including phenoxy) is 2. The fourth-order valence-electron chi connectivity index (χ4n) is 3.73. The second-order valence-corrected chi connectivity index (χ2v) is 8.85. The van der Waals surface area contributed by atoms with Crippen LogP contribution in [0.1, 0.15) is 121 Å². The van der Waals surface area contributed by atoms with Crippen LogP contribution in [0.4, 0.5) is 5.69 Å². The third-order valence-electron chi connectivity index (χ3n) is 5.83. The highest BCUT2D eigenvalue weighted by atomic mass is 16.6. The Bertz CT molecular complexity index is 544. The quantitative estimate of drug-likeness (QED) is 0.144. The second-order valence-electron chi connectivity index (χ2n) is 8.85. The molecule has 1 N–H and O–H groups in total. The molecule has 0 spiro atoms. The van der Waals surface area contributed by atoms with Gasteiger partial charge >= 0.3 is 5.97 Å². The van der Waals surface area contributed by atoms with E-state index in [1.54, 1.807) is 0 Å². The van der Waals surface area contributed by atoms with Gasteiger partial charge in [0.1, 0.15) is 6.61 Å². The average Bonchev–Trinajstić information content (AvgIpc) is 2.81. The van der Waals surface area contributed by atoms with E-state index >= 15 is 0 Å². The number of carbonyl (C=O) groups is 1. The van der Waals surface area contributed by atoms with Crippen molar-refractivity contribution in [3.63, 3.8) is 0 Å². The van der Waals surface area contributed by atoms with Crippen molar-refractivity contribution in [2.45, 2.75) is 110 Å². The smallest absolute Gasteiger partial charge is 0.338 e. The van der Waals surface area contributed by atoms with E-state index < -0.39 is 0 Å². The molecular weight excluding hydrogens is 398 g/mol. The molecule has 0 aliphatic heterocycles. The Morgan fingerprint density at radius 1 is 0.656 bits per heavy atom. The highest BCUT2D eigenvalue weighted by Gasteiger charge is 2.06. The van der Waals surface area contributed by atoms with Crippen LogP contribution in [0.5, 0.6) is 0 Å². The average molecular weight is 448 g/mol. The largest absolute Gasteiger partial charge is 0.460 e. The first-order valence-corrected chi connectivity index (χ1v) is 13.4. The SMILES string of the molecule is CCCCCCCCCCCCCCCOCCOC(=O)c1ccc(NCCCC)cc1. The van der Waals surface area contributed by atoms with E-state index in [0.29, 0.717) is 18.8 Å². The van der Waals surface area contributed by atoms with Crippen LogP contribution in [0.25, 0.3) is 0 Å². The van der Waals surface area contributed by atoms with Gasteiger partial charge in [0.25, 0.3) is 0 Å². The minimum atomic E-state index is -0.283. The van der Waals surface area contributed by atoms with Crippen molar-refractivity contribution in [3.8, 4) is 0 Å². The van der Waals surface area contributed by atoms with Gasteiger partial charge in [-0.3, -0.25) is 0 Å². The summed E-state index contributed by atoms with van der Waals surface area (Å²) in [5.74, 6) is -0.283. The standard InChI is InChI=1S/C28H49NO3/c1-3-5-7-8-9-10-11-12-13-14-15-16-17-23-31-24-25-32-28(30)26-18-20-27(21-19-26)29-22-6-4-2/h18-21,29H,3-17,22-25H2,1-2H3. The first-order chi connectivity index (χ1) is 15.8. The molecule has 1 rings (SSSR count). The van der Waals surface area contributed by atoms with E-state index in [0.717, 1.165) is 31.7 Å². The normalized spacial score (nSPS) is 10.9. The zero-order valence-corrected chi connectivity index (χ0v) is 21.0.